The number of aromatic nitrogens is 4. The van der Waals surface area contributed by atoms with Crippen molar-refractivity contribution in [3.63, 3.8) is 0 Å². The molecule has 3 aromatic rings. The lowest BCUT2D eigenvalue weighted by molar-refractivity contribution is -0.274. The minimum absolute atomic E-state index is 0.200. The van der Waals surface area contributed by atoms with Gasteiger partial charge in [-0.3, -0.25) is 4.90 Å². The molecule has 1 unspecified atom stereocenters. The van der Waals surface area contributed by atoms with Gasteiger partial charge in [-0.1, -0.05) is 26.0 Å². The molecule has 0 N–H and O–H groups in total. The van der Waals surface area contributed by atoms with E-state index in [0.29, 0.717) is 18.2 Å². The summed E-state index contributed by atoms with van der Waals surface area (Å²) in [6.45, 7) is 8.41. The number of nitrogens with zero attached hydrogens (tertiary/aromatic N) is 5. The molecule has 1 atom stereocenters. The van der Waals surface area contributed by atoms with Crippen LogP contribution in [0.25, 0.3) is 5.78 Å². The van der Waals surface area contributed by atoms with Crippen molar-refractivity contribution in [3.05, 3.63) is 53.6 Å². The molecule has 0 radical (unpaired) electrons. The average molecular weight is 421 g/mol. The first kappa shape index (κ1) is 22.0. The van der Waals surface area contributed by atoms with Gasteiger partial charge >= 0.3 is 6.36 Å². The predicted octanol–water partition coefficient (Wildman–Crippen LogP) is 4.74. The molecule has 3 heterocycles. The molecule has 0 aliphatic carbocycles. The van der Waals surface area contributed by atoms with Crippen molar-refractivity contribution in [1.82, 2.24) is 24.5 Å². The average Bonchev–Trinajstić information content (AvgIpc) is 3.18. The first-order chi connectivity index (χ1) is 14.4. The number of hydrogen-bond donors (Lipinski definition) is 0. The van der Waals surface area contributed by atoms with Gasteiger partial charge in [0.15, 0.2) is 0 Å². The van der Waals surface area contributed by atoms with Crippen LogP contribution >= 0.6 is 0 Å². The second kappa shape index (κ2) is 9.42. The van der Waals surface area contributed by atoms with E-state index in [1.807, 2.05) is 20.8 Å². The lowest BCUT2D eigenvalue weighted by Crippen LogP contribution is -2.34. The topological polar surface area (TPSA) is 55.6 Å². The van der Waals surface area contributed by atoms with E-state index < -0.39 is 6.36 Å². The molecule has 30 heavy (non-hydrogen) atoms. The highest BCUT2D eigenvalue weighted by Gasteiger charge is 2.31. The van der Waals surface area contributed by atoms with Crippen LogP contribution in [-0.4, -0.2) is 43.9 Å². The van der Waals surface area contributed by atoms with Crippen molar-refractivity contribution >= 4 is 5.78 Å². The van der Waals surface area contributed by atoms with Crippen LogP contribution in [0.1, 0.15) is 49.6 Å². The Morgan fingerprint density at radius 3 is 2.60 bits per heavy atom. The number of piperidine rings is 1. The number of hydrogen-bond acceptors (Lipinski definition) is 5. The molecule has 1 saturated heterocycles. The fraction of sp³-hybridized carbons (Fsp3) is 0.476. The minimum atomic E-state index is -4.67. The summed E-state index contributed by atoms with van der Waals surface area (Å²) in [5.41, 5.74) is 2.96. The third kappa shape index (κ3) is 5.47. The Morgan fingerprint density at radius 1 is 1.17 bits per heavy atom. The summed E-state index contributed by atoms with van der Waals surface area (Å²) in [7, 11) is 0. The van der Waals surface area contributed by atoms with Gasteiger partial charge in [0, 0.05) is 24.7 Å². The van der Waals surface area contributed by atoms with E-state index in [1.54, 1.807) is 16.6 Å². The van der Waals surface area contributed by atoms with Crippen LogP contribution in [0.5, 0.6) is 5.75 Å². The maximum Gasteiger partial charge on any atom is 0.573 e. The molecule has 0 spiro atoms. The summed E-state index contributed by atoms with van der Waals surface area (Å²) >= 11 is 0. The molecule has 9 heteroatoms. The van der Waals surface area contributed by atoms with E-state index >= 15 is 0 Å². The quantitative estimate of drug-likeness (QED) is 0.609. The summed E-state index contributed by atoms with van der Waals surface area (Å²) in [4.78, 5) is 10.9. The Balaban J connectivity index is 0.00000124. The number of benzene rings is 1. The first-order valence-corrected chi connectivity index (χ1v) is 10.1. The van der Waals surface area contributed by atoms with Gasteiger partial charge in [0.2, 0.25) is 0 Å². The lowest BCUT2D eigenvalue weighted by atomic mass is 9.93. The largest absolute Gasteiger partial charge is 0.573 e. The third-order valence-corrected chi connectivity index (χ3v) is 4.89. The molecule has 162 valence electrons. The third-order valence-electron chi connectivity index (χ3n) is 4.89. The van der Waals surface area contributed by atoms with E-state index in [9.17, 15) is 13.2 Å². The number of fused-ring (bicyclic) bond motifs is 1. The number of rotatable bonds is 4. The summed E-state index contributed by atoms with van der Waals surface area (Å²) < 4.78 is 42.6. The van der Waals surface area contributed by atoms with Gasteiger partial charge in [0.05, 0.1) is 5.69 Å². The SMILES string of the molecule is CC.Cc1cc(C2CCCN(Cc3ccc(OC(F)(F)F)cc3)C2)n2ncnc2n1. The zero-order chi connectivity index (χ0) is 21.7. The van der Waals surface area contributed by atoms with Crippen molar-refractivity contribution in [3.8, 4) is 5.75 Å². The van der Waals surface area contributed by atoms with Crippen molar-refractivity contribution in [2.75, 3.05) is 13.1 Å². The molecular formula is C21H26F3N5O. The Morgan fingerprint density at radius 2 is 1.90 bits per heavy atom. The van der Waals surface area contributed by atoms with Gasteiger partial charge in [-0.15, -0.1) is 13.2 Å². The molecule has 4 rings (SSSR count). The molecule has 0 bridgehead atoms. The number of likely N-dealkylation sites (tertiary alicyclic amines) is 1. The maximum atomic E-state index is 12.3. The van der Waals surface area contributed by atoms with Gasteiger partial charge < -0.3 is 4.74 Å². The Kier molecular flexibility index (Phi) is 6.91. The smallest absolute Gasteiger partial charge is 0.406 e. The Labute approximate surface area is 173 Å². The van der Waals surface area contributed by atoms with Crippen LogP contribution in [0, 0.1) is 6.92 Å². The molecule has 6 nitrogen and oxygen atoms in total. The monoisotopic (exact) mass is 421 g/mol. The highest BCUT2D eigenvalue weighted by molar-refractivity contribution is 5.32. The molecule has 1 aliphatic heterocycles. The van der Waals surface area contributed by atoms with Crippen molar-refractivity contribution in [1.29, 1.82) is 0 Å². The summed E-state index contributed by atoms with van der Waals surface area (Å²) in [6, 6.07) is 8.12. The standard InChI is InChI=1S/C19H20F3N5O.C2H6/c1-13-9-17(27-18(25-13)23-12-24-27)15-3-2-8-26(11-15)10-14-4-6-16(7-5-14)28-19(20,21)22;1-2/h4-7,9,12,15H,2-3,8,10-11H2,1H3;1-2H3. The highest BCUT2D eigenvalue weighted by Crippen LogP contribution is 2.29. The number of ether oxygens (including phenoxy) is 1. The Hall–Kier alpha value is -2.68. The van der Waals surface area contributed by atoms with E-state index in [0.717, 1.165) is 42.9 Å². The van der Waals surface area contributed by atoms with Gasteiger partial charge in [-0.2, -0.15) is 10.1 Å². The summed E-state index contributed by atoms with van der Waals surface area (Å²) in [6.07, 6.45) is -1.07. The van der Waals surface area contributed by atoms with E-state index in [2.05, 4.69) is 30.8 Å². The number of halogens is 3. The zero-order valence-electron chi connectivity index (χ0n) is 17.4. The lowest BCUT2D eigenvalue weighted by Gasteiger charge is -2.33. The molecule has 0 saturated carbocycles. The van der Waals surface area contributed by atoms with Gasteiger partial charge in [-0.05, 0) is 50.1 Å². The van der Waals surface area contributed by atoms with Crippen LogP contribution in [0.2, 0.25) is 0 Å². The van der Waals surface area contributed by atoms with E-state index in [-0.39, 0.29) is 5.75 Å². The highest BCUT2D eigenvalue weighted by atomic mass is 19.4. The molecule has 0 amide bonds. The summed E-state index contributed by atoms with van der Waals surface area (Å²) in [5, 5.41) is 4.30. The van der Waals surface area contributed by atoms with Crippen molar-refractivity contribution in [2.24, 2.45) is 0 Å². The van der Waals surface area contributed by atoms with Gasteiger partial charge in [0.1, 0.15) is 12.1 Å². The van der Waals surface area contributed by atoms with Crippen LogP contribution in [0.4, 0.5) is 13.2 Å². The van der Waals surface area contributed by atoms with Crippen molar-refractivity contribution in [2.45, 2.75) is 52.4 Å². The van der Waals surface area contributed by atoms with Crippen molar-refractivity contribution < 1.29 is 17.9 Å². The fourth-order valence-electron chi connectivity index (χ4n) is 3.75. The molecular weight excluding hydrogens is 395 g/mol. The summed E-state index contributed by atoms with van der Waals surface area (Å²) in [5.74, 6) is 0.702. The first-order valence-electron chi connectivity index (χ1n) is 10.1. The van der Waals surface area contributed by atoms with Gasteiger partial charge in [0.25, 0.3) is 5.78 Å². The van der Waals surface area contributed by atoms with E-state index in [4.69, 9.17) is 0 Å². The molecule has 1 fully saturated rings. The second-order valence-corrected chi connectivity index (χ2v) is 7.06. The zero-order valence-corrected chi connectivity index (χ0v) is 17.4. The number of aryl methyl sites for hydroxylation is 1. The molecule has 1 aromatic carbocycles. The maximum absolute atomic E-state index is 12.3. The van der Waals surface area contributed by atoms with E-state index in [1.165, 1.54) is 18.5 Å². The van der Waals surface area contributed by atoms with Crippen LogP contribution < -0.4 is 4.74 Å². The van der Waals surface area contributed by atoms with Crippen LogP contribution in [0.3, 0.4) is 0 Å². The van der Waals surface area contributed by atoms with Crippen LogP contribution in [-0.2, 0) is 6.54 Å². The second-order valence-electron chi connectivity index (χ2n) is 7.06. The molecule has 1 aliphatic rings. The minimum Gasteiger partial charge on any atom is -0.406 e. The predicted molar refractivity (Wildman–Crippen MR) is 107 cm³/mol. The van der Waals surface area contributed by atoms with Gasteiger partial charge in [-0.25, -0.2) is 9.50 Å². The normalized spacial score (nSPS) is 17.5. The van der Waals surface area contributed by atoms with Crippen LogP contribution in [0.15, 0.2) is 36.7 Å². The number of alkyl halides is 3. The Bertz CT molecular complexity index is 955. The fourth-order valence-corrected chi connectivity index (χ4v) is 3.75. The molecule has 2 aromatic heterocycles.